The average Bonchev–Trinajstić information content (AvgIpc) is 3.59. The third-order valence-electron chi connectivity index (χ3n) is 7.21. The topological polar surface area (TPSA) is 105 Å². The van der Waals surface area contributed by atoms with E-state index in [9.17, 15) is 9.59 Å². The Hall–Kier alpha value is -3.20. The van der Waals surface area contributed by atoms with Crippen molar-refractivity contribution in [3.63, 3.8) is 0 Å². The quantitative estimate of drug-likeness (QED) is 0.637. The van der Waals surface area contributed by atoms with Crippen LogP contribution in [0, 0.1) is 5.92 Å². The molecule has 3 aliphatic heterocycles. The van der Waals surface area contributed by atoms with Crippen LogP contribution in [0.3, 0.4) is 0 Å². The lowest BCUT2D eigenvalue weighted by atomic mass is 9.88. The van der Waals surface area contributed by atoms with Gasteiger partial charge in [0.05, 0.1) is 30.8 Å². The molecular formula is C23H26N6O3. The first kappa shape index (κ1) is 19.5. The van der Waals surface area contributed by atoms with Crippen molar-refractivity contribution in [1.29, 1.82) is 0 Å². The van der Waals surface area contributed by atoms with Gasteiger partial charge in [0.1, 0.15) is 0 Å². The van der Waals surface area contributed by atoms with Gasteiger partial charge in [0.2, 0.25) is 5.91 Å². The molecule has 3 aliphatic rings. The molecule has 6 rings (SSSR count). The Morgan fingerprint density at radius 2 is 2.12 bits per heavy atom. The molecule has 3 atom stereocenters. The number of aromatic nitrogens is 4. The molecule has 3 unspecified atom stereocenters. The van der Waals surface area contributed by atoms with Gasteiger partial charge in [0, 0.05) is 35.4 Å². The molecule has 2 amide bonds. The maximum atomic E-state index is 13.2. The molecule has 2 N–H and O–H groups in total. The molecule has 1 aromatic carbocycles. The predicted octanol–water partition coefficient (Wildman–Crippen LogP) is 1.80. The predicted molar refractivity (Wildman–Crippen MR) is 117 cm³/mol. The van der Waals surface area contributed by atoms with Crippen LogP contribution in [0.5, 0.6) is 0 Å². The van der Waals surface area contributed by atoms with Gasteiger partial charge in [-0.1, -0.05) is 0 Å². The number of carbonyl (C=O) groups is 2. The molecule has 2 fully saturated rings. The third-order valence-corrected chi connectivity index (χ3v) is 7.21. The van der Waals surface area contributed by atoms with Crippen LogP contribution in [0.2, 0.25) is 0 Å². The van der Waals surface area contributed by atoms with Crippen molar-refractivity contribution < 1.29 is 14.7 Å². The fraction of sp³-hybridized carbons (Fsp3) is 0.478. The number of aryl methyl sites for hydroxylation is 2. The Morgan fingerprint density at radius 1 is 1.22 bits per heavy atom. The summed E-state index contributed by atoms with van der Waals surface area (Å²) in [6.07, 6.45) is 6.30. The second-order valence-corrected chi connectivity index (χ2v) is 9.05. The molecule has 166 valence electrons. The van der Waals surface area contributed by atoms with E-state index in [1.165, 1.54) is 0 Å². The number of hydrogen-bond donors (Lipinski definition) is 2. The van der Waals surface area contributed by atoms with E-state index in [2.05, 4.69) is 15.5 Å². The molecule has 0 radical (unpaired) electrons. The van der Waals surface area contributed by atoms with E-state index >= 15 is 0 Å². The second kappa shape index (κ2) is 7.44. The highest BCUT2D eigenvalue weighted by atomic mass is 16.3. The molecular weight excluding hydrogens is 408 g/mol. The van der Waals surface area contributed by atoms with Crippen LogP contribution in [-0.4, -0.2) is 60.1 Å². The Labute approximate surface area is 185 Å². The number of aliphatic hydroxyl groups is 1. The summed E-state index contributed by atoms with van der Waals surface area (Å²) < 4.78 is 3.68. The maximum absolute atomic E-state index is 13.2. The lowest BCUT2D eigenvalue weighted by Gasteiger charge is -2.23. The summed E-state index contributed by atoms with van der Waals surface area (Å²) in [7, 11) is 0. The van der Waals surface area contributed by atoms with Crippen molar-refractivity contribution in [3.05, 3.63) is 41.9 Å². The molecule has 0 spiro atoms. The molecule has 9 nitrogen and oxygen atoms in total. The largest absolute Gasteiger partial charge is 0.394 e. The standard InChI is InChI=1S/C23H26N6O3/c30-9-8-28-20-5-3-15(10-14(20)13-24-28)25-22(31)18-11-17-4-6-21(18)29(17)23(32)19-12-16-2-1-7-27(16)26-19/h3,5,10,12-13,17-18,21,30H,1-2,4,6-9,11H2,(H,25,31). The molecule has 0 aliphatic carbocycles. The Balaban J connectivity index is 1.18. The van der Waals surface area contributed by atoms with Crippen molar-refractivity contribution in [3.8, 4) is 0 Å². The van der Waals surface area contributed by atoms with Crippen LogP contribution >= 0.6 is 0 Å². The summed E-state index contributed by atoms with van der Waals surface area (Å²) >= 11 is 0. The molecule has 2 saturated heterocycles. The van der Waals surface area contributed by atoms with Gasteiger partial charge in [-0.15, -0.1) is 0 Å². The van der Waals surface area contributed by atoms with E-state index in [4.69, 9.17) is 5.11 Å². The summed E-state index contributed by atoms with van der Waals surface area (Å²) in [4.78, 5) is 28.3. The first-order valence-corrected chi connectivity index (χ1v) is 11.4. The molecule has 2 aromatic heterocycles. The molecule has 3 aromatic rings. The summed E-state index contributed by atoms with van der Waals surface area (Å²) in [5.74, 6) is -0.281. The van der Waals surface area contributed by atoms with Crippen LogP contribution < -0.4 is 5.32 Å². The van der Waals surface area contributed by atoms with Gasteiger partial charge >= 0.3 is 0 Å². The first-order valence-electron chi connectivity index (χ1n) is 11.4. The normalized spacial score (nSPS) is 23.8. The van der Waals surface area contributed by atoms with Gasteiger partial charge in [0.25, 0.3) is 5.91 Å². The number of amides is 2. The monoisotopic (exact) mass is 434 g/mol. The molecule has 0 saturated carbocycles. The van der Waals surface area contributed by atoms with Crippen LogP contribution in [0.4, 0.5) is 5.69 Å². The number of hydrogen-bond acceptors (Lipinski definition) is 5. The Bertz CT molecular complexity index is 1190. The first-order chi connectivity index (χ1) is 15.6. The van der Waals surface area contributed by atoms with Crippen LogP contribution in [0.25, 0.3) is 10.9 Å². The van der Waals surface area contributed by atoms with Gasteiger partial charge in [-0.25, -0.2) is 0 Å². The van der Waals surface area contributed by atoms with Crippen molar-refractivity contribution in [1.82, 2.24) is 24.5 Å². The van der Waals surface area contributed by atoms with Crippen LogP contribution in [0.15, 0.2) is 30.5 Å². The molecule has 32 heavy (non-hydrogen) atoms. The van der Waals surface area contributed by atoms with E-state index < -0.39 is 0 Å². The fourth-order valence-corrected chi connectivity index (χ4v) is 5.76. The van der Waals surface area contributed by atoms with Gasteiger partial charge < -0.3 is 15.3 Å². The SMILES string of the molecule is O=C(Nc1ccc2c(cnn2CCO)c1)C1CC2CCC1N2C(=O)c1cc2n(n1)CCC2. The van der Waals surface area contributed by atoms with E-state index in [1.807, 2.05) is 33.8 Å². The average molecular weight is 435 g/mol. The number of benzene rings is 1. The summed E-state index contributed by atoms with van der Waals surface area (Å²) in [6, 6.07) is 7.63. The number of nitrogens with zero attached hydrogens (tertiary/aromatic N) is 5. The minimum Gasteiger partial charge on any atom is -0.394 e. The smallest absolute Gasteiger partial charge is 0.274 e. The van der Waals surface area contributed by atoms with Crippen molar-refractivity contribution >= 4 is 28.4 Å². The number of nitrogens with one attached hydrogen (secondary N) is 1. The Morgan fingerprint density at radius 3 is 2.97 bits per heavy atom. The highest BCUT2D eigenvalue weighted by molar-refractivity contribution is 5.98. The highest BCUT2D eigenvalue weighted by Gasteiger charge is 2.51. The van der Waals surface area contributed by atoms with Crippen molar-refractivity contribution in [2.75, 3.05) is 11.9 Å². The third kappa shape index (κ3) is 3.02. The lowest BCUT2D eigenvalue weighted by Crippen LogP contribution is -2.39. The second-order valence-electron chi connectivity index (χ2n) is 9.05. The number of aliphatic hydroxyl groups excluding tert-OH is 1. The minimum absolute atomic E-state index is 0.0241. The number of fused-ring (bicyclic) bond motifs is 4. The summed E-state index contributed by atoms with van der Waals surface area (Å²) in [6.45, 7) is 1.34. The van der Waals surface area contributed by atoms with E-state index in [0.29, 0.717) is 18.7 Å². The zero-order chi connectivity index (χ0) is 21.8. The van der Waals surface area contributed by atoms with Crippen molar-refractivity contribution in [2.24, 2.45) is 5.92 Å². The van der Waals surface area contributed by atoms with Gasteiger partial charge in [-0.2, -0.15) is 10.2 Å². The van der Waals surface area contributed by atoms with Gasteiger partial charge in [-0.05, 0) is 56.4 Å². The van der Waals surface area contributed by atoms with E-state index in [1.54, 1.807) is 10.9 Å². The maximum Gasteiger partial charge on any atom is 0.274 e. The highest BCUT2D eigenvalue weighted by Crippen LogP contribution is 2.43. The molecule has 2 bridgehead atoms. The molecule has 5 heterocycles. The lowest BCUT2D eigenvalue weighted by molar-refractivity contribution is -0.120. The zero-order valence-electron chi connectivity index (χ0n) is 17.8. The zero-order valence-corrected chi connectivity index (χ0v) is 17.8. The summed E-state index contributed by atoms with van der Waals surface area (Å²) in [5.41, 5.74) is 3.29. The van der Waals surface area contributed by atoms with Crippen LogP contribution in [-0.2, 0) is 24.3 Å². The van der Waals surface area contributed by atoms with Crippen LogP contribution in [0.1, 0.15) is 41.9 Å². The van der Waals surface area contributed by atoms with E-state index in [0.717, 1.165) is 54.5 Å². The van der Waals surface area contributed by atoms with Crippen molar-refractivity contribution in [2.45, 2.75) is 57.3 Å². The van der Waals surface area contributed by atoms with E-state index in [-0.39, 0.29) is 36.4 Å². The Kier molecular flexibility index (Phi) is 4.53. The summed E-state index contributed by atoms with van der Waals surface area (Å²) in [5, 5.41) is 21.9. The number of rotatable bonds is 5. The fourth-order valence-electron chi connectivity index (χ4n) is 5.76. The van der Waals surface area contributed by atoms with Gasteiger partial charge in [0.15, 0.2) is 5.69 Å². The minimum atomic E-state index is -0.208. The number of carbonyl (C=O) groups excluding carboxylic acids is 2. The van der Waals surface area contributed by atoms with Gasteiger partial charge in [-0.3, -0.25) is 19.0 Å². The molecule has 9 heteroatoms. The number of anilines is 1.